The van der Waals surface area contributed by atoms with E-state index >= 15 is 0 Å². The molecule has 0 radical (unpaired) electrons. The predicted octanol–water partition coefficient (Wildman–Crippen LogP) is 3.69. The molecular weight excluding hydrogens is 236 g/mol. The molecule has 0 spiro atoms. The van der Waals surface area contributed by atoms with Crippen molar-refractivity contribution in [3.05, 3.63) is 23.9 Å². The molecule has 3 nitrogen and oxygen atoms in total. The average Bonchev–Trinajstić information content (AvgIpc) is 2.67. The zero-order valence-corrected chi connectivity index (χ0v) is 12.1. The highest BCUT2D eigenvalue weighted by Crippen LogP contribution is 2.26. The Hall–Kier alpha value is -1.38. The Kier molecular flexibility index (Phi) is 4.94. The number of rotatable bonds is 4. The number of carbonyl (C=O) groups is 1. The zero-order chi connectivity index (χ0) is 13.7. The molecule has 2 rings (SSSR count). The van der Waals surface area contributed by atoms with Crippen molar-refractivity contribution >= 4 is 11.6 Å². The van der Waals surface area contributed by atoms with E-state index in [0.29, 0.717) is 12.3 Å². The molecule has 0 atom stereocenters. The second kappa shape index (κ2) is 6.69. The molecule has 0 bridgehead atoms. The van der Waals surface area contributed by atoms with E-state index in [1.165, 1.54) is 38.5 Å². The summed E-state index contributed by atoms with van der Waals surface area (Å²) in [4.78, 5) is 18.5. The highest BCUT2D eigenvalue weighted by atomic mass is 16.1. The molecule has 1 aliphatic rings. The fourth-order valence-corrected chi connectivity index (χ4v) is 2.76. The zero-order valence-electron chi connectivity index (χ0n) is 12.1. The van der Waals surface area contributed by atoms with E-state index in [0.717, 1.165) is 11.4 Å². The van der Waals surface area contributed by atoms with E-state index in [4.69, 9.17) is 0 Å². The Bertz CT molecular complexity index is 403. The number of pyridine rings is 1. The van der Waals surface area contributed by atoms with Gasteiger partial charge in [-0.1, -0.05) is 38.5 Å². The first-order valence-corrected chi connectivity index (χ1v) is 7.33. The number of aromatic nitrogens is 1. The van der Waals surface area contributed by atoms with Gasteiger partial charge in [-0.3, -0.25) is 4.79 Å². The lowest BCUT2D eigenvalue weighted by Crippen LogP contribution is -2.12. The quantitative estimate of drug-likeness (QED) is 0.611. The van der Waals surface area contributed by atoms with Gasteiger partial charge in [0, 0.05) is 32.3 Å². The van der Waals surface area contributed by atoms with Gasteiger partial charge in [-0.15, -0.1) is 0 Å². The summed E-state index contributed by atoms with van der Waals surface area (Å²) in [6, 6.07) is 3.82. The second-order valence-electron chi connectivity index (χ2n) is 5.78. The van der Waals surface area contributed by atoms with Gasteiger partial charge in [0.05, 0.1) is 0 Å². The third kappa shape index (κ3) is 4.05. The van der Waals surface area contributed by atoms with E-state index in [9.17, 15) is 4.79 Å². The Labute approximate surface area is 116 Å². The van der Waals surface area contributed by atoms with Gasteiger partial charge in [-0.05, 0) is 18.1 Å². The number of carbonyl (C=O) groups excluding carboxylic acids is 1. The summed E-state index contributed by atoms with van der Waals surface area (Å²) in [6.45, 7) is 0. The topological polar surface area (TPSA) is 33.2 Å². The van der Waals surface area contributed by atoms with Gasteiger partial charge >= 0.3 is 0 Å². The average molecular weight is 260 g/mol. The molecule has 0 N–H and O–H groups in total. The smallest absolute Gasteiger partial charge is 0.164 e. The summed E-state index contributed by atoms with van der Waals surface area (Å²) in [7, 11) is 3.91. The van der Waals surface area contributed by atoms with Gasteiger partial charge in [-0.25, -0.2) is 4.98 Å². The minimum atomic E-state index is 0.254. The van der Waals surface area contributed by atoms with Gasteiger partial charge < -0.3 is 4.90 Å². The lowest BCUT2D eigenvalue weighted by atomic mass is 9.92. The highest BCUT2D eigenvalue weighted by molar-refractivity contribution is 5.96. The maximum Gasteiger partial charge on any atom is 0.164 e. The normalized spacial score (nSPS) is 16.9. The van der Waals surface area contributed by atoms with Gasteiger partial charge in [0.2, 0.25) is 0 Å². The first-order valence-electron chi connectivity index (χ1n) is 7.33. The molecule has 0 unspecified atom stereocenters. The molecule has 1 aliphatic carbocycles. The molecule has 104 valence electrons. The SMILES string of the molecule is CN(C)c1ccc(C(=O)CC2CCCCCC2)cn1. The minimum Gasteiger partial charge on any atom is -0.363 e. The molecule has 0 aliphatic heterocycles. The summed E-state index contributed by atoms with van der Waals surface area (Å²) >= 11 is 0. The molecule has 1 heterocycles. The van der Waals surface area contributed by atoms with Crippen molar-refractivity contribution in [2.24, 2.45) is 5.92 Å². The van der Waals surface area contributed by atoms with Crippen LogP contribution < -0.4 is 4.90 Å². The van der Waals surface area contributed by atoms with E-state index in [1.807, 2.05) is 31.1 Å². The Morgan fingerprint density at radius 2 is 1.89 bits per heavy atom. The van der Waals surface area contributed by atoms with Crippen LogP contribution in [0.4, 0.5) is 5.82 Å². The van der Waals surface area contributed by atoms with Crippen LogP contribution >= 0.6 is 0 Å². The molecule has 1 aromatic heterocycles. The summed E-state index contributed by atoms with van der Waals surface area (Å²) in [5.74, 6) is 1.74. The van der Waals surface area contributed by atoms with Crippen LogP contribution in [0, 0.1) is 5.92 Å². The van der Waals surface area contributed by atoms with E-state index in [2.05, 4.69) is 4.98 Å². The Morgan fingerprint density at radius 3 is 2.42 bits per heavy atom. The Morgan fingerprint density at radius 1 is 1.21 bits per heavy atom. The van der Waals surface area contributed by atoms with Crippen molar-refractivity contribution < 1.29 is 4.79 Å². The van der Waals surface area contributed by atoms with Crippen LogP contribution in [0.25, 0.3) is 0 Å². The molecule has 0 amide bonds. The molecular formula is C16H24N2O. The summed E-state index contributed by atoms with van der Waals surface area (Å²) < 4.78 is 0. The number of Topliss-reactive ketones (excluding diaryl/α,β-unsaturated/α-hetero) is 1. The fourth-order valence-electron chi connectivity index (χ4n) is 2.76. The number of hydrogen-bond acceptors (Lipinski definition) is 3. The van der Waals surface area contributed by atoms with Gasteiger partial charge in [0.15, 0.2) is 5.78 Å². The van der Waals surface area contributed by atoms with Crippen LogP contribution in [0.1, 0.15) is 55.3 Å². The summed E-state index contributed by atoms with van der Waals surface area (Å²) in [5.41, 5.74) is 0.759. The summed E-state index contributed by atoms with van der Waals surface area (Å²) in [6.07, 6.45) is 10.1. The van der Waals surface area contributed by atoms with Crippen LogP contribution in [0.15, 0.2) is 18.3 Å². The molecule has 3 heteroatoms. The van der Waals surface area contributed by atoms with Crippen LogP contribution in [-0.2, 0) is 0 Å². The van der Waals surface area contributed by atoms with Crippen LogP contribution in [0.2, 0.25) is 0 Å². The number of ketones is 1. The fraction of sp³-hybridized carbons (Fsp3) is 0.625. The Balaban J connectivity index is 1.95. The summed E-state index contributed by atoms with van der Waals surface area (Å²) in [5, 5.41) is 0. The van der Waals surface area contributed by atoms with Crippen molar-refractivity contribution in [2.45, 2.75) is 44.9 Å². The third-order valence-corrected chi connectivity index (χ3v) is 3.98. The van der Waals surface area contributed by atoms with Crippen molar-refractivity contribution in [3.63, 3.8) is 0 Å². The maximum atomic E-state index is 12.3. The maximum absolute atomic E-state index is 12.3. The molecule has 0 aromatic carbocycles. The first kappa shape index (κ1) is 14.0. The lowest BCUT2D eigenvalue weighted by molar-refractivity contribution is 0.0956. The van der Waals surface area contributed by atoms with Gasteiger partial charge in [0.25, 0.3) is 0 Å². The minimum absolute atomic E-state index is 0.254. The van der Waals surface area contributed by atoms with Gasteiger partial charge in [0.1, 0.15) is 5.82 Å². The lowest BCUT2D eigenvalue weighted by Gasteiger charge is -2.14. The largest absolute Gasteiger partial charge is 0.363 e. The second-order valence-corrected chi connectivity index (χ2v) is 5.78. The number of anilines is 1. The molecule has 1 fully saturated rings. The van der Waals surface area contributed by atoms with E-state index in [-0.39, 0.29) is 5.78 Å². The highest BCUT2D eigenvalue weighted by Gasteiger charge is 2.17. The van der Waals surface area contributed by atoms with Crippen molar-refractivity contribution in [1.29, 1.82) is 0 Å². The number of nitrogens with zero attached hydrogens (tertiary/aromatic N) is 2. The molecule has 19 heavy (non-hydrogen) atoms. The molecule has 1 saturated carbocycles. The third-order valence-electron chi connectivity index (χ3n) is 3.98. The van der Waals surface area contributed by atoms with Crippen LogP contribution in [0.5, 0.6) is 0 Å². The van der Waals surface area contributed by atoms with Crippen molar-refractivity contribution in [2.75, 3.05) is 19.0 Å². The first-order chi connectivity index (χ1) is 9.16. The molecule has 1 aromatic rings. The number of hydrogen-bond donors (Lipinski definition) is 0. The van der Waals surface area contributed by atoms with Gasteiger partial charge in [-0.2, -0.15) is 0 Å². The van der Waals surface area contributed by atoms with E-state index in [1.54, 1.807) is 6.20 Å². The van der Waals surface area contributed by atoms with Crippen molar-refractivity contribution in [1.82, 2.24) is 4.98 Å². The van der Waals surface area contributed by atoms with E-state index < -0.39 is 0 Å². The molecule has 0 saturated heterocycles. The van der Waals surface area contributed by atoms with Crippen LogP contribution in [-0.4, -0.2) is 24.9 Å². The standard InChI is InChI=1S/C16H24N2O/c1-18(2)16-10-9-14(12-17-16)15(19)11-13-7-5-3-4-6-8-13/h9-10,12-13H,3-8,11H2,1-2H3. The predicted molar refractivity (Wildman–Crippen MR) is 78.7 cm³/mol. The monoisotopic (exact) mass is 260 g/mol. The van der Waals surface area contributed by atoms with Crippen molar-refractivity contribution in [3.8, 4) is 0 Å². The van der Waals surface area contributed by atoms with Crippen LogP contribution in [0.3, 0.4) is 0 Å².